The Balaban J connectivity index is 0.000000408. The molecule has 2 N–H and O–H groups in total. The lowest BCUT2D eigenvalue weighted by molar-refractivity contribution is -0.138. The van der Waals surface area contributed by atoms with Crippen LogP contribution in [0.1, 0.15) is 43.8 Å². The molecule has 2 aromatic heterocycles. The largest absolute Gasteiger partial charge is 0.476 e. The van der Waals surface area contributed by atoms with Crippen LogP contribution in [0, 0.1) is 0 Å². The van der Waals surface area contributed by atoms with Gasteiger partial charge in [0.2, 0.25) is 0 Å². The van der Waals surface area contributed by atoms with Crippen LogP contribution in [0.15, 0.2) is 48.5 Å². The Morgan fingerprint density at radius 3 is 2.19 bits per heavy atom. The number of carboxylic acids is 1. The minimum atomic E-state index is -4.60. The number of nitrogens with one attached hydrogen (secondary N) is 1. The highest BCUT2D eigenvalue weighted by Gasteiger charge is 2.36. The first-order chi connectivity index (χ1) is 20.0. The van der Waals surface area contributed by atoms with Crippen molar-refractivity contribution in [2.75, 3.05) is 50.8 Å². The molecule has 1 saturated heterocycles. The van der Waals surface area contributed by atoms with Crippen LogP contribution in [0.25, 0.3) is 0 Å². The van der Waals surface area contributed by atoms with E-state index in [4.69, 9.17) is 21.4 Å². The summed E-state index contributed by atoms with van der Waals surface area (Å²) in [6.07, 6.45) is -4.60. The molecule has 1 fully saturated rings. The molecule has 1 aliphatic rings. The van der Waals surface area contributed by atoms with Gasteiger partial charge in [-0.15, -0.1) is 20.4 Å². The smallest absolute Gasteiger partial charge is 0.417 e. The predicted octanol–water partition coefficient (Wildman–Crippen LogP) is 3.05. The van der Waals surface area contributed by atoms with Gasteiger partial charge in [0.05, 0.1) is 17.7 Å². The van der Waals surface area contributed by atoms with Crippen molar-refractivity contribution in [2.45, 2.75) is 13.1 Å². The van der Waals surface area contributed by atoms with Crippen molar-refractivity contribution in [1.82, 2.24) is 30.6 Å². The third kappa shape index (κ3) is 9.07. The van der Waals surface area contributed by atoms with Gasteiger partial charge in [-0.3, -0.25) is 9.59 Å². The monoisotopic (exact) mass is 609 g/mol. The molecular formula is C26H27ClF3N7O5. The summed E-state index contributed by atoms with van der Waals surface area (Å²) in [6, 6.07) is 10.7. The molecule has 0 unspecified atom stereocenters. The highest BCUT2D eigenvalue weighted by atomic mass is 35.5. The molecule has 3 heterocycles. The number of carbonyl (C=O) groups excluding carboxylic acids is 2. The average molecular weight is 610 g/mol. The fourth-order valence-electron chi connectivity index (χ4n) is 3.74. The first-order valence-corrected chi connectivity index (χ1v) is 13.0. The Morgan fingerprint density at radius 2 is 1.62 bits per heavy atom. The Kier molecular flexibility index (Phi) is 11.5. The quantitative estimate of drug-likeness (QED) is 0.365. The van der Waals surface area contributed by atoms with Crippen LogP contribution in [0.3, 0.4) is 0 Å². The molecule has 12 nitrogen and oxygen atoms in total. The summed E-state index contributed by atoms with van der Waals surface area (Å²) in [6.45, 7) is 4.46. The molecule has 1 aliphatic heterocycles. The summed E-state index contributed by atoms with van der Waals surface area (Å²) in [7, 11) is 0. The minimum Gasteiger partial charge on any atom is -0.476 e. The summed E-state index contributed by atoms with van der Waals surface area (Å²) >= 11 is 5.35. The second kappa shape index (κ2) is 15.0. The van der Waals surface area contributed by atoms with Crippen LogP contribution in [-0.2, 0) is 10.9 Å². The molecule has 0 spiro atoms. The van der Waals surface area contributed by atoms with Gasteiger partial charge in [-0.05, 0) is 43.3 Å². The zero-order chi connectivity index (χ0) is 30.7. The van der Waals surface area contributed by atoms with E-state index in [2.05, 4.69) is 25.7 Å². The van der Waals surface area contributed by atoms with E-state index in [0.29, 0.717) is 38.7 Å². The number of anilines is 1. The number of nitrogens with zero attached hydrogens (tertiary/aromatic N) is 6. The fraction of sp³-hybridized carbons (Fsp3) is 0.346. The van der Waals surface area contributed by atoms with Crippen molar-refractivity contribution in [3.63, 3.8) is 0 Å². The third-order valence-corrected chi connectivity index (χ3v) is 6.03. The molecule has 42 heavy (non-hydrogen) atoms. The Hall–Kier alpha value is -4.37. The van der Waals surface area contributed by atoms with Crippen molar-refractivity contribution in [2.24, 2.45) is 0 Å². The molecule has 0 bridgehead atoms. The number of alkyl halides is 3. The van der Waals surface area contributed by atoms with Gasteiger partial charge in [-0.1, -0.05) is 23.7 Å². The standard InChI is InChI=1S/C21H24F3N5O3.C5H3ClN2O2/c1-2-32-14-9-25-19(30)17-7-8-18(27-26-17)28-10-12-29(13-11-28)20(31)15-5-3-4-6-16(15)21(22,23)24;6-4-2-1-3(5(9)10)7-8-4/h3-8H,2,9-14H2,1H3,(H,25,30);1-2H,(H,9,10). The molecule has 1 aromatic carbocycles. The molecule has 16 heteroatoms. The lowest BCUT2D eigenvalue weighted by Gasteiger charge is -2.35. The van der Waals surface area contributed by atoms with E-state index < -0.39 is 23.6 Å². The zero-order valence-corrected chi connectivity index (χ0v) is 23.1. The number of hydrogen-bond acceptors (Lipinski definition) is 9. The van der Waals surface area contributed by atoms with Gasteiger partial charge in [-0.2, -0.15) is 13.2 Å². The summed E-state index contributed by atoms with van der Waals surface area (Å²) in [5.74, 6) is -1.59. The van der Waals surface area contributed by atoms with Gasteiger partial charge in [-0.25, -0.2) is 4.79 Å². The molecule has 3 aromatic rings. The molecule has 0 atom stereocenters. The molecule has 4 rings (SSSR count). The van der Waals surface area contributed by atoms with Crippen LogP contribution in [0.2, 0.25) is 5.15 Å². The van der Waals surface area contributed by atoms with Gasteiger partial charge < -0.3 is 25.0 Å². The highest BCUT2D eigenvalue weighted by Crippen LogP contribution is 2.32. The van der Waals surface area contributed by atoms with Crippen LogP contribution >= 0.6 is 11.6 Å². The molecule has 0 saturated carbocycles. The number of ether oxygens (including phenoxy) is 1. The molecule has 0 aliphatic carbocycles. The van der Waals surface area contributed by atoms with Gasteiger partial charge >= 0.3 is 12.1 Å². The van der Waals surface area contributed by atoms with Crippen molar-refractivity contribution in [1.29, 1.82) is 0 Å². The Labute approximate surface area is 243 Å². The highest BCUT2D eigenvalue weighted by molar-refractivity contribution is 6.29. The number of hydrogen-bond donors (Lipinski definition) is 2. The number of amides is 2. The van der Waals surface area contributed by atoms with Crippen molar-refractivity contribution in [3.05, 3.63) is 76.2 Å². The summed E-state index contributed by atoms with van der Waals surface area (Å²) in [5.41, 5.74) is -1.23. The number of benzene rings is 1. The van der Waals surface area contributed by atoms with Gasteiger partial charge in [0, 0.05) is 39.3 Å². The van der Waals surface area contributed by atoms with Crippen molar-refractivity contribution in [3.8, 4) is 0 Å². The van der Waals surface area contributed by atoms with E-state index >= 15 is 0 Å². The van der Waals surface area contributed by atoms with Gasteiger partial charge in [0.25, 0.3) is 11.8 Å². The maximum atomic E-state index is 13.2. The SMILES string of the molecule is CCOCCNC(=O)c1ccc(N2CCN(C(=O)c3ccccc3C(F)(F)F)CC2)nn1.O=C(O)c1ccc(Cl)nn1. The van der Waals surface area contributed by atoms with Crippen LogP contribution in [-0.4, -0.2) is 94.1 Å². The number of piperazine rings is 1. The maximum Gasteiger partial charge on any atom is 0.417 e. The first kappa shape index (κ1) is 32.1. The number of aromatic nitrogens is 4. The average Bonchev–Trinajstić information content (AvgIpc) is 2.99. The second-order valence-corrected chi connectivity index (χ2v) is 8.99. The topological polar surface area (TPSA) is 151 Å². The zero-order valence-electron chi connectivity index (χ0n) is 22.3. The molecule has 0 radical (unpaired) electrons. The Morgan fingerprint density at radius 1 is 0.952 bits per heavy atom. The van der Waals surface area contributed by atoms with E-state index in [0.717, 1.165) is 6.07 Å². The van der Waals surface area contributed by atoms with E-state index in [9.17, 15) is 27.6 Å². The van der Waals surface area contributed by atoms with Gasteiger partial charge in [0.15, 0.2) is 22.4 Å². The van der Waals surface area contributed by atoms with Crippen LogP contribution < -0.4 is 10.2 Å². The Bertz CT molecular complexity index is 1350. The normalized spacial score (nSPS) is 13.2. The van der Waals surface area contributed by atoms with E-state index in [1.807, 2.05) is 11.8 Å². The number of rotatable bonds is 8. The summed E-state index contributed by atoms with van der Waals surface area (Å²) < 4.78 is 44.8. The predicted molar refractivity (Wildman–Crippen MR) is 144 cm³/mol. The lowest BCUT2D eigenvalue weighted by atomic mass is 10.1. The number of halogens is 4. The number of aromatic carboxylic acids is 1. The van der Waals surface area contributed by atoms with E-state index in [-0.39, 0.29) is 41.1 Å². The summed E-state index contributed by atoms with van der Waals surface area (Å²) in [4.78, 5) is 38.2. The van der Waals surface area contributed by atoms with Crippen molar-refractivity contribution < 1.29 is 37.4 Å². The van der Waals surface area contributed by atoms with Crippen molar-refractivity contribution >= 4 is 35.2 Å². The maximum absolute atomic E-state index is 13.2. The van der Waals surface area contributed by atoms with Crippen LogP contribution in [0.5, 0.6) is 0 Å². The number of carbonyl (C=O) groups is 3. The minimum absolute atomic E-state index is 0.107. The van der Waals surface area contributed by atoms with Gasteiger partial charge in [0.1, 0.15) is 0 Å². The first-order valence-electron chi connectivity index (χ1n) is 12.6. The summed E-state index contributed by atoms with van der Waals surface area (Å²) in [5, 5.41) is 25.8. The fourth-order valence-corrected chi connectivity index (χ4v) is 3.84. The van der Waals surface area contributed by atoms with E-state index in [1.54, 1.807) is 12.1 Å². The number of carboxylic acid groups (broad SMARTS) is 1. The molecule has 2 amide bonds. The van der Waals surface area contributed by atoms with E-state index in [1.165, 1.54) is 35.2 Å². The molecular weight excluding hydrogens is 583 g/mol. The lowest BCUT2D eigenvalue weighted by Crippen LogP contribution is -2.49. The van der Waals surface area contributed by atoms with Crippen LogP contribution in [0.4, 0.5) is 19.0 Å². The second-order valence-electron chi connectivity index (χ2n) is 8.60. The molecule has 224 valence electrons. The third-order valence-electron chi connectivity index (χ3n) is 5.82.